The summed E-state index contributed by atoms with van der Waals surface area (Å²) >= 11 is 0. The monoisotopic (exact) mass is 204 g/mol. The molecule has 1 aromatic carbocycles. The molecule has 80 valence electrons. The fourth-order valence-electron chi connectivity index (χ4n) is 1.78. The molecule has 1 aliphatic carbocycles. The first-order valence-corrected chi connectivity index (χ1v) is 5.22. The summed E-state index contributed by atoms with van der Waals surface area (Å²) in [4.78, 5) is 13.6. The van der Waals surface area contributed by atoms with E-state index in [1.807, 2.05) is 31.3 Å². The molecular formula is C12H16N2O. The van der Waals surface area contributed by atoms with E-state index in [4.69, 9.17) is 5.73 Å². The lowest BCUT2D eigenvalue weighted by Gasteiger charge is -2.17. The van der Waals surface area contributed by atoms with Gasteiger partial charge in [-0.25, -0.2) is 0 Å². The Morgan fingerprint density at radius 3 is 2.73 bits per heavy atom. The van der Waals surface area contributed by atoms with Crippen LogP contribution >= 0.6 is 0 Å². The largest absolute Gasteiger partial charge is 0.399 e. The normalized spacial score (nSPS) is 23.6. The van der Waals surface area contributed by atoms with Gasteiger partial charge < -0.3 is 10.6 Å². The quantitative estimate of drug-likeness (QED) is 0.748. The van der Waals surface area contributed by atoms with Crippen molar-refractivity contribution in [2.45, 2.75) is 13.3 Å². The molecule has 0 radical (unpaired) electrons. The predicted molar refractivity (Wildman–Crippen MR) is 61.5 cm³/mol. The number of anilines is 2. The van der Waals surface area contributed by atoms with E-state index < -0.39 is 0 Å². The number of hydrogen-bond acceptors (Lipinski definition) is 2. The summed E-state index contributed by atoms with van der Waals surface area (Å²) in [5, 5.41) is 0. The smallest absolute Gasteiger partial charge is 0.230 e. The van der Waals surface area contributed by atoms with Gasteiger partial charge in [-0.05, 0) is 30.5 Å². The van der Waals surface area contributed by atoms with Crippen molar-refractivity contribution < 1.29 is 4.79 Å². The number of amides is 1. The van der Waals surface area contributed by atoms with Crippen molar-refractivity contribution >= 4 is 17.3 Å². The molecule has 3 heteroatoms. The van der Waals surface area contributed by atoms with Crippen LogP contribution in [-0.4, -0.2) is 13.0 Å². The number of nitrogens with zero attached hydrogens (tertiary/aromatic N) is 1. The number of benzene rings is 1. The van der Waals surface area contributed by atoms with Gasteiger partial charge in [0.2, 0.25) is 5.91 Å². The first kappa shape index (κ1) is 10.0. The van der Waals surface area contributed by atoms with Crippen LogP contribution in [0.5, 0.6) is 0 Å². The van der Waals surface area contributed by atoms with E-state index in [-0.39, 0.29) is 11.8 Å². The summed E-state index contributed by atoms with van der Waals surface area (Å²) in [7, 11) is 1.81. The van der Waals surface area contributed by atoms with Crippen LogP contribution in [0.2, 0.25) is 0 Å². The maximum absolute atomic E-state index is 11.9. The van der Waals surface area contributed by atoms with Gasteiger partial charge in [0.15, 0.2) is 0 Å². The molecule has 2 rings (SSSR count). The first-order valence-electron chi connectivity index (χ1n) is 5.22. The van der Waals surface area contributed by atoms with Gasteiger partial charge in [0.1, 0.15) is 0 Å². The Hall–Kier alpha value is -1.51. The number of nitrogens with two attached hydrogens (primary N) is 1. The molecule has 2 unspecified atom stereocenters. The van der Waals surface area contributed by atoms with Crippen LogP contribution < -0.4 is 10.6 Å². The maximum atomic E-state index is 11.9. The lowest BCUT2D eigenvalue weighted by Crippen LogP contribution is -2.28. The van der Waals surface area contributed by atoms with Gasteiger partial charge in [-0.3, -0.25) is 4.79 Å². The zero-order valence-corrected chi connectivity index (χ0v) is 9.10. The van der Waals surface area contributed by atoms with Gasteiger partial charge in [-0.1, -0.05) is 13.0 Å². The molecule has 1 amide bonds. The molecule has 2 atom stereocenters. The van der Waals surface area contributed by atoms with E-state index >= 15 is 0 Å². The highest BCUT2D eigenvalue weighted by atomic mass is 16.2. The second kappa shape index (κ2) is 3.57. The third-order valence-corrected chi connectivity index (χ3v) is 3.01. The molecule has 1 fully saturated rings. The Bertz CT molecular complexity index is 389. The lowest BCUT2D eigenvalue weighted by molar-refractivity contribution is -0.119. The molecule has 2 N–H and O–H groups in total. The van der Waals surface area contributed by atoms with Crippen LogP contribution in [0.3, 0.4) is 0 Å². The van der Waals surface area contributed by atoms with Crippen LogP contribution in [0.25, 0.3) is 0 Å². The number of nitrogen functional groups attached to an aromatic ring is 1. The van der Waals surface area contributed by atoms with E-state index in [9.17, 15) is 4.79 Å². The Morgan fingerprint density at radius 1 is 1.53 bits per heavy atom. The molecule has 0 aliphatic heterocycles. The van der Waals surface area contributed by atoms with Crippen molar-refractivity contribution in [1.82, 2.24) is 0 Å². The van der Waals surface area contributed by atoms with Gasteiger partial charge in [0.25, 0.3) is 0 Å². The highest BCUT2D eigenvalue weighted by Crippen LogP contribution is 2.39. The zero-order chi connectivity index (χ0) is 11.0. The summed E-state index contributed by atoms with van der Waals surface area (Å²) in [6.07, 6.45) is 1.02. The first-order chi connectivity index (χ1) is 7.09. The molecule has 0 saturated heterocycles. The fraction of sp³-hybridized carbons (Fsp3) is 0.417. The Balaban J connectivity index is 2.13. The fourth-order valence-corrected chi connectivity index (χ4v) is 1.78. The molecule has 0 heterocycles. The van der Waals surface area contributed by atoms with Crippen LogP contribution in [0, 0.1) is 11.8 Å². The van der Waals surface area contributed by atoms with E-state index in [1.165, 1.54) is 0 Å². The van der Waals surface area contributed by atoms with Gasteiger partial charge in [0.05, 0.1) is 0 Å². The van der Waals surface area contributed by atoms with Crippen molar-refractivity contribution in [3.63, 3.8) is 0 Å². The predicted octanol–water partition coefficient (Wildman–Crippen LogP) is 1.89. The van der Waals surface area contributed by atoms with Crippen molar-refractivity contribution in [1.29, 1.82) is 0 Å². The van der Waals surface area contributed by atoms with Crippen molar-refractivity contribution in [2.75, 3.05) is 17.7 Å². The molecule has 3 nitrogen and oxygen atoms in total. The minimum Gasteiger partial charge on any atom is -0.399 e. The van der Waals surface area contributed by atoms with Gasteiger partial charge in [-0.2, -0.15) is 0 Å². The van der Waals surface area contributed by atoms with Crippen molar-refractivity contribution in [3.05, 3.63) is 24.3 Å². The van der Waals surface area contributed by atoms with Crippen molar-refractivity contribution in [3.8, 4) is 0 Å². The zero-order valence-electron chi connectivity index (χ0n) is 9.10. The topological polar surface area (TPSA) is 46.3 Å². The van der Waals surface area contributed by atoms with Gasteiger partial charge in [-0.15, -0.1) is 0 Å². The lowest BCUT2D eigenvalue weighted by atomic mass is 10.2. The number of carbonyl (C=O) groups is 1. The number of rotatable bonds is 2. The van der Waals surface area contributed by atoms with Gasteiger partial charge in [0, 0.05) is 24.3 Å². The van der Waals surface area contributed by atoms with E-state index in [0.717, 1.165) is 12.1 Å². The molecular weight excluding hydrogens is 188 g/mol. The number of carbonyl (C=O) groups excluding carboxylic acids is 1. The number of hydrogen-bond donors (Lipinski definition) is 1. The maximum Gasteiger partial charge on any atom is 0.230 e. The average molecular weight is 204 g/mol. The van der Waals surface area contributed by atoms with E-state index in [2.05, 4.69) is 6.92 Å². The Labute approximate surface area is 89.9 Å². The van der Waals surface area contributed by atoms with Crippen LogP contribution in [-0.2, 0) is 4.79 Å². The van der Waals surface area contributed by atoms with E-state index in [1.54, 1.807) is 4.90 Å². The molecule has 15 heavy (non-hydrogen) atoms. The van der Waals surface area contributed by atoms with Crippen LogP contribution in [0.15, 0.2) is 24.3 Å². The highest BCUT2D eigenvalue weighted by molar-refractivity contribution is 5.96. The molecule has 1 saturated carbocycles. The summed E-state index contributed by atoms with van der Waals surface area (Å²) < 4.78 is 0. The summed E-state index contributed by atoms with van der Waals surface area (Å²) in [6, 6.07) is 7.42. The molecule has 1 aliphatic rings. The van der Waals surface area contributed by atoms with E-state index in [0.29, 0.717) is 11.6 Å². The Kier molecular flexibility index (Phi) is 2.39. The molecule has 1 aromatic rings. The SMILES string of the molecule is CC1CC1C(=O)N(C)c1cccc(N)c1. The standard InChI is InChI=1S/C12H16N2O/c1-8-6-11(8)12(15)14(2)10-5-3-4-9(13)7-10/h3-5,7-8,11H,6,13H2,1-2H3. The third kappa shape index (κ3) is 1.96. The van der Waals surface area contributed by atoms with Gasteiger partial charge >= 0.3 is 0 Å². The minimum atomic E-state index is 0.202. The average Bonchev–Trinajstić information content (AvgIpc) is 2.93. The molecule has 0 spiro atoms. The second-order valence-corrected chi connectivity index (χ2v) is 4.31. The minimum absolute atomic E-state index is 0.202. The summed E-state index contributed by atoms with van der Waals surface area (Å²) in [6.45, 7) is 2.11. The third-order valence-electron chi connectivity index (χ3n) is 3.01. The summed E-state index contributed by atoms with van der Waals surface area (Å²) in [5.41, 5.74) is 7.24. The van der Waals surface area contributed by atoms with Crippen molar-refractivity contribution in [2.24, 2.45) is 11.8 Å². The second-order valence-electron chi connectivity index (χ2n) is 4.31. The van der Waals surface area contributed by atoms with Crippen LogP contribution in [0.4, 0.5) is 11.4 Å². The highest BCUT2D eigenvalue weighted by Gasteiger charge is 2.40. The van der Waals surface area contributed by atoms with Crippen LogP contribution in [0.1, 0.15) is 13.3 Å². The molecule has 0 aromatic heterocycles. The Morgan fingerprint density at radius 2 is 2.20 bits per heavy atom. The summed E-state index contributed by atoms with van der Waals surface area (Å²) in [5.74, 6) is 0.963. The molecule has 0 bridgehead atoms.